The molecule has 0 bridgehead atoms. The summed E-state index contributed by atoms with van der Waals surface area (Å²) < 4.78 is 0. The molecule has 0 radical (unpaired) electrons. The number of anilines is 1. The first-order valence-electron chi connectivity index (χ1n) is 9.04. The SMILES string of the molecule is CCCCCCCCCCNC(=O)Nc1cc(C(C)(C)C)n[nH]1. The first-order chi connectivity index (χ1) is 10.9. The maximum Gasteiger partial charge on any atom is 0.320 e. The fourth-order valence-corrected chi connectivity index (χ4v) is 2.40. The van der Waals surface area contributed by atoms with E-state index in [4.69, 9.17) is 0 Å². The molecular formula is C18H34N4O. The minimum absolute atomic E-state index is 0.0238. The number of aromatic amines is 1. The van der Waals surface area contributed by atoms with Gasteiger partial charge in [0.25, 0.3) is 0 Å². The zero-order valence-electron chi connectivity index (χ0n) is 15.3. The Labute approximate surface area is 141 Å². The summed E-state index contributed by atoms with van der Waals surface area (Å²) in [7, 11) is 0. The Kier molecular flexibility index (Phi) is 8.74. The first-order valence-corrected chi connectivity index (χ1v) is 9.04. The van der Waals surface area contributed by atoms with Crippen LogP contribution in [0.2, 0.25) is 0 Å². The number of carbonyl (C=O) groups excluding carboxylic acids is 1. The Bertz CT molecular complexity index is 448. The second-order valence-electron chi connectivity index (χ2n) is 7.27. The molecule has 0 saturated heterocycles. The lowest BCUT2D eigenvalue weighted by atomic mass is 9.92. The highest BCUT2D eigenvalue weighted by molar-refractivity contribution is 5.88. The largest absolute Gasteiger partial charge is 0.338 e. The molecule has 1 heterocycles. The molecule has 132 valence electrons. The number of urea groups is 1. The van der Waals surface area contributed by atoms with Gasteiger partial charge in [-0.2, -0.15) is 5.10 Å². The van der Waals surface area contributed by atoms with Crippen LogP contribution in [0.4, 0.5) is 10.6 Å². The van der Waals surface area contributed by atoms with Crippen molar-refractivity contribution in [3.05, 3.63) is 11.8 Å². The number of rotatable bonds is 10. The molecular weight excluding hydrogens is 288 g/mol. The Morgan fingerprint density at radius 3 is 2.26 bits per heavy atom. The molecule has 5 heteroatoms. The summed E-state index contributed by atoms with van der Waals surface area (Å²) in [5.74, 6) is 0.642. The molecule has 1 aromatic heterocycles. The number of nitrogens with zero attached hydrogens (tertiary/aromatic N) is 1. The lowest BCUT2D eigenvalue weighted by molar-refractivity contribution is 0.252. The van der Waals surface area contributed by atoms with Gasteiger partial charge in [-0.05, 0) is 6.42 Å². The van der Waals surface area contributed by atoms with Gasteiger partial charge in [0.1, 0.15) is 5.82 Å². The molecule has 23 heavy (non-hydrogen) atoms. The topological polar surface area (TPSA) is 69.8 Å². The van der Waals surface area contributed by atoms with Gasteiger partial charge in [-0.3, -0.25) is 10.4 Å². The van der Waals surface area contributed by atoms with E-state index in [0.717, 1.165) is 18.7 Å². The van der Waals surface area contributed by atoms with Crippen molar-refractivity contribution in [2.45, 2.75) is 84.5 Å². The summed E-state index contributed by atoms with van der Waals surface area (Å²) in [6.07, 6.45) is 10.2. The smallest absolute Gasteiger partial charge is 0.320 e. The number of carbonyl (C=O) groups is 1. The normalized spacial score (nSPS) is 11.5. The third-order valence-electron chi connectivity index (χ3n) is 3.91. The predicted octanol–water partition coefficient (Wildman–Crippen LogP) is 4.97. The number of hydrogen-bond donors (Lipinski definition) is 3. The summed E-state index contributed by atoms with van der Waals surface area (Å²) in [6, 6.07) is 1.72. The fraction of sp³-hybridized carbons (Fsp3) is 0.778. The van der Waals surface area contributed by atoms with Crippen molar-refractivity contribution in [1.29, 1.82) is 0 Å². The number of hydrogen-bond acceptors (Lipinski definition) is 2. The predicted molar refractivity (Wildman–Crippen MR) is 96.9 cm³/mol. The van der Waals surface area contributed by atoms with Crippen molar-refractivity contribution >= 4 is 11.8 Å². The third-order valence-corrected chi connectivity index (χ3v) is 3.91. The summed E-state index contributed by atoms with van der Waals surface area (Å²) >= 11 is 0. The van der Waals surface area contributed by atoms with Gasteiger partial charge in [-0.1, -0.05) is 72.6 Å². The van der Waals surface area contributed by atoms with Gasteiger partial charge in [0.2, 0.25) is 0 Å². The van der Waals surface area contributed by atoms with E-state index in [1.165, 1.54) is 44.9 Å². The van der Waals surface area contributed by atoms with E-state index in [9.17, 15) is 4.79 Å². The van der Waals surface area contributed by atoms with E-state index < -0.39 is 0 Å². The highest BCUT2D eigenvalue weighted by Gasteiger charge is 2.17. The van der Waals surface area contributed by atoms with Crippen molar-refractivity contribution in [3.8, 4) is 0 Å². The van der Waals surface area contributed by atoms with Crippen LogP contribution in [-0.4, -0.2) is 22.8 Å². The van der Waals surface area contributed by atoms with Gasteiger partial charge in [-0.15, -0.1) is 0 Å². The highest BCUT2D eigenvalue weighted by Crippen LogP contribution is 2.21. The maximum absolute atomic E-state index is 11.8. The molecule has 0 aromatic carbocycles. The van der Waals surface area contributed by atoms with E-state index in [1.807, 2.05) is 6.07 Å². The first kappa shape index (κ1) is 19.5. The number of nitrogens with one attached hydrogen (secondary N) is 3. The van der Waals surface area contributed by atoms with Gasteiger partial charge < -0.3 is 5.32 Å². The molecule has 5 nitrogen and oxygen atoms in total. The molecule has 0 spiro atoms. The molecule has 1 rings (SSSR count). The third kappa shape index (κ3) is 8.62. The zero-order chi connectivity index (χ0) is 17.1. The number of amides is 2. The van der Waals surface area contributed by atoms with Crippen molar-refractivity contribution in [1.82, 2.24) is 15.5 Å². The molecule has 0 fully saturated rings. The van der Waals surface area contributed by atoms with Gasteiger partial charge in [0, 0.05) is 18.0 Å². The average molecular weight is 322 g/mol. The van der Waals surface area contributed by atoms with Crippen LogP contribution in [0.3, 0.4) is 0 Å². The van der Waals surface area contributed by atoms with Crippen LogP contribution in [-0.2, 0) is 5.41 Å². The van der Waals surface area contributed by atoms with Crippen molar-refractivity contribution in [2.24, 2.45) is 0 Å². The fourth-order valence-electron chi connectivity index (χ4n) is 2.40. The quantitative estimate of drug-likeness (QED) is 0.532. The van der Waals surface area contributed by atoms with Gasteiger partial charge >= 0.3 is 6.03 Å². The Morgan fingerprint density at radius 2 is 1.70 bits per heavy atom. The van der Waals surface area contributed by atoms with Crippen LogP contribution in [0.25, 0.3) is 0 Å². The van der Waals surface area contributed by atoms with E-state index in [0.29, 0.717) is 5.82 Å². The summed E-state index contributed by atoms with van der Waals surface area (Å²) in [6.45, 7) is 9.24. The van der Waals surface area contributed by atoms with Crippen molar-refractivity contribution in [2.75, 3.05) is 11.9 Å². The van der Waals surface area contributed by atoms with Crippen LogP contribution in [0.15, 0.2) is 6.07 Å². The molecule has 3 N–H and O–H groups in total. The molecule has 0 aliphatic heterocycles. The van der Waals surface area contributed by atoms with Gasteiger partial charge in [-0.25, -0.2) is 4.79 Å². The average Bonchev–Trinajstić information content (AvgIpc) is 2.94. The van der Waals surface area contributed by atoms with Crippen LogP contribution in [0, 0.1) is 0 Å². The minimum Gasteiger partial charge on any atom is -0.338 e. The molecule has 0 aliphatic carbocycles. The van der Waals surface area contributed by atoms with Crippen molar-refractivity contribution in [3.63, 3.8) is 0 Å². The summed E-state index contributed by atoms with van der Waals surface area (Å²) in [4.78, 5) is 11.8. The summed E-state index contributed by atoms with van der Waals surface area (Å²) in [5, 5.41) is 12.8. The van der Waals surface area contributed by atoms with E-state index in [1.54, 1.807) is 0 Å². The standard InChI is InChI=1S/C18H34N4O/c1-5-6-7-8-9-10-11-12-13-19-17(23)20-16-14-15(21-22-16)18(2,3)4/h14H,5-13H2,1-4H3,(H3,19,20,21,22,23). The molecule has 1 aromatic rings. The van der Waals surface area contributed by atoms with Crippen molar-refractivity contribution < 1.29 is 4.79 Å². The number of aromatic nitrogens is 2. The molecule has 2 amide bonds. The van der Waals surface area contributed by atoms with Crippen LogP contribution >= 0.6 is 0 Å². The zero-order valence-corrected chi connectivity index (χ0v) is 15.3. The second kappa shape index (κ2) is 10.3. The highest BCUT2D eigenvalue weighted by atomic mass is 16.2. The lowest BCUT2D eigenvalue weighted by Crippen LogP contribution is -2.29. The van der Waals surface area contributed by atoms with E-state index >= 15 is 0 Å². The Balaban J connectivity index is 2.07. The van der Waals surface area contributed by atoms with Gasteiger partial charge in [0.15, 0.2) is 0 Å². The molecule has 0 saturated carbocycles. The van der Waals surface area contributed by atoms with E-state index in [2.05, 4.69) is 48.5 Å². The molecule has 0 unspecified atom stereocenters. The Morgan fingerprint density at radius 1 is 1.09 bits per heavy atom. The van der Waals surface area contributed by atoms with E-state index in [-0.39, 0.29) is 11.4 Å². The van der Waals surface area contributed by atoms with Crippen LogP contribution < -0.4 is 10.6 Å². The summed E-state index contributed by atoms with van der Waals surface area (Å²) in [5.41, 5.74) is 0.917. The van der Waals surface area contributed by atoms with Crippen LogP contribution in [0.1, 0.15) is 84.8 Å². The minimum atomic E-state index is -0.169. The lowest BCUT2D eigenvalue weighted by Gasteiger charge is -2.13. The molecule has 0 aliphatic rings. The second-order valence-corrected chi connectivity index (χ2v) is 7.27. The Hall–Kier alpha value is -1.52. The monoisotopic (exact) mass is 322 g/mol. The van der Waals surface area contributed by atoms with Gasteiger partial charge in [0.05, 0.1) is 5.69 Å². The number of unbranched alkanes of at least 4 members (excludes halogenated alkanes) is 7. The molecule has 0 atom stereocenters. The number of H-pyrrole nitrogens is 1. The van der Waals surface area contributed by atoms with Crippen LogP contribution in [0.5, 0.6) is 0 Å². The maximum atomic E-state index is 11.8.